The number of carbonyl (C=O) groups is 2. The summed E-state index contributed by atoms with van der Waals surface area (Å²) in [5.74, 6) is -0.428. The molecule has 1 heterocycles. The first-order chi connectivity index (χ1) is 8.58. The van der Waals surface area contributed by atoms with Crippen LogP contribution in [0.4, 0.5) is 0 Å². The quantitative estimate of drug-likeness (QED) is 0.783. The van der Waals surface area contributed by atoms with E-state index in [1.54, 1.807) is 26.0 Å². The molecule has 0 spiro atoms. The summed E-state index contributed by atoms with van der Waals surface area (Å²) < 4.78 is 9.67. The van der Waals surface area contributed by atoms with Crippen molar-refractivity contribution in [2.24, 2.45) is 0 Å². The van der Waals surface area contributed by atoms with Crippen molar-refractivity contribution in [2.75, 3.05) is 13.7 Å². The molecule has 1 aromatic rings. The van der Waals surface area contributed by atoms with Gasteiger partial charge < -0.3 is 14.8 Å². The Kier molecular flexibility index (Phi) is 5.10. The van der Waals surface area contributed by atoms with Crippen LogP contribution in [0.3, 0.4) is 0 Å². The second-order valence-corrected chi connectivity index (χ2v) is 3.54. The summed E-state index contributed by atoms with van der Waals surface area (Å²) in [5, 5.41) is 2.52. The number of carbonyl (C=O) groups excluding carboxylic acids is 2. The maximum absolute atomic E-state index is 11.8. The maximum Gasteiger partial charge on any atom is 0.328 e. The number of ether oxygens (including phenoxy) is 2. The van der Waals surface area contributed by atoms with Gasteiger partial charge in [0.25, 0.3) is 5.91 Å². The second-order valence-electron chi connectivity index (χ2n) is 3.54. The van der Waals surface area contributed by atoms with Gasteiger partial charge in [0.2, 0.25) is 5.88 Å². The number of amides is 1. The summed E-state index contributed by atoms with van der Waals surface area (Å²) in [6.45, 7) is 3.55. The van der Waals surface area contributed by atoms with Gasteiger partial charge in [-0.1, -0.05) is 0 Å². The first-order valence-electron chi connectivity index (χ1n) is 5.56. The van der Waals surface area contributed by atoms with Crippen molar-refractivity contribution in [3.63, 3.8) is 0 Å². The molecule has 6 heteroatoms. The Labute approximate surface area is 105 Å². The largest absolute Gasteiger partial charge is 0.481 e. The molecule has 98 valence electrons. The van der Waals surface area contributed by atoms with Crippen molar-refractivity contribution < 1.29 is 19.1 Å². The standard InChI is InChI=1S/C12H16N2O4/c1-4-18-12(16)8(2)14-11(15)9-5-6-10(17-3)13-7-9/h5-8H,4H2,1-3H3,(H,14,15). The van der Waals surface area contributed by atoms with E-state index in [-0.39, 0.29) is 12.5 Å². The fraction of sp³-hybridized carbons (Fsp3) is 0.417. The van der Waals surface area contributed by atoms with Crippen LogP contribution in [-0.2, 0) is 9.53 Å². The van der Waals surface area contributed by atoms with Gasteiger partial charge in [0.1, 0.15) is 6.04 Å². The van der Waals surface area contributed by atoms with Crippen molar-refractivity contribution in [1.29, 1.82) is 0 Å². The van der Waals surface area contributed by atoms with Crippen LogP contribution in [0, 0.1) is 0 Å². The minimum Gasteiger partial charge on any atom is -0.481 e. The van der Waals surface area contributed by atoms with Gasteiger partial charge in [0.15, 0.2) is 0 Å². The van der Waals surface area contributed by atoms with Gasteiger partial charge in [-0.2, -0.15) is 0 Å². The molecule has 0 bridgehead atoms. The highest BCUT2D eigenvalue weighted by molar-refractivity contribution is 5.96. The van der Waals surface area contributed by atoms with Crippen molar-refractivity contribution in [1.82, 2.24) is 10.3 Å². The summed E-state index contributed by atoms with van der Waals surface area (Å²) in [5.41, 5.74) is 0.354. The van der Waals surface area contributed by atoms with Crippen LogP contribution in [0.2, 0.25) is 0 Å². The highest BCUT2D eigenvalue weighted by Crippen LogP contribution is 2.06. The predicted octanol–water partition coefficient (Wildman–Crippen LogP) is 0.772. The summed E-state index contributed by atoms with van der Waals surface area (Å²) in [7, 11) is 1.49. The summed E-state index contributed by atoms with van der Waals surface area (Å²) in [6.07, 6.45) is 1.38. The van der Waals surface area contributed by atoms with E-state index in [1.165, 1.54) is 13.3 Å². The van der Waals surface area contributed by atoms with Gasteiger partial charge in [-0.25, -0.2) is 9.78 Å². The average Bonchev–Trinajstić information content (AvgIpc) is 2.39. The lowest BCUT2D eigenvalue weighted by molar-refractivity contribution is -0.144. The van der Waals surface area contributed by atoms with Crippen LogP contribution < -0.4 is 10.1 Å². The molecule has 0 aromatic carbocycles. The van der Waals surface area contributed by atoms with Crippen LogP contribution in [0.1, 0.15) is 24.2 Å². The molecule has 0 aliphatic heterocycles. The number of rotatable bonds is 5. The molecule has 1 rings (SSSR count). The van der Waals surface area contributed by atoms with E-state index < -0.39 is 12.0 Å². The Morgan fingerprint density at radius 1 is 1.44 bits per heavy atom. The number of esters is 1. The zero-order valence-electron chi connectivity index (χ0n) is 10.6. The number of nitrogens with zero attached hydrogens (tertiary/aromatic N) is 1. The third-order valence-corrected chi connectivity index (χ3v) is 2.20. The van der Waals surface area contributed by atoms with E-state index in [1.807, 2.05) is 0 Å². The lowest BCUT2D eigenvalue weighted by Gasteiger charge is -2.12. The summed E-state index contributed by atoms with van der Waals surface area (Å²) >= 11 is 0. The number of nitrogens with one attached hydrogen (secondary N) is 1. The topological polar surface area (TPSA) is 77.5 Å². The number of methoxy groups -OCH3 is 1. The molecule has 0 aliphatic carbocycles. The molecule has 0 aliphatic rings. The van der Waals surface area contributed by atoms with E-state index in [2.05, 4.69) is 10.3 Å². The molecule has 1 N–H and O–H groups in total. The third-order valence-electron chi connectivity index (χ3n) is 2.20. The maximum atomic E-state index is 11.8. The van der Waals surface area contributed by atoms with Crippen molar-refractivity contribution in [3.05, 3.63) is 23.9 Å². The van der Waals surface area contributed by atoms with E-state index in [0.29, 0.717) is 11.4 Å². The highest BCUT2D eigenvalue weighted by atomic mass is 16.5. The second kappa shape index (κ2) is 6.58. The van der Waals surface area contributed by atoms with E-state index in [9.17, 15) is 9.59 Å². The smallest absolute Gasteiger partial charge is 0.328 e. The molecule has 1 aromatic heterocycles. The van der Waals surface area contributed by atoms with Gasteiger partial charge in [0, 0.05) is 12.3 Å². The Hall–Kier alpha value is -2.11. The first-order valence-corrected chi connectivity index (χ1v) is 5.56. The minimum atomic E-state index is -0.695. The Balaban J connectivity index is 2.61. The molecular formula is C12H16N2O4. The van der Waals surface area contributed by atoms with Crippen LogP contribution >= 0.6 is 0 Å². The minimum absolute atomic E-state index is 0.281. The van der Waals surface area contributed by atoms with Gasteiger partial charge in [0.05, 0.1) is 19.3 Å². The van der Waals surface area contributed by atoms with Gasteiger partial charge in [-0.3, -0.25) is 4.79 Å². The summed E-state index contributed by atoms with van der Waals surface area (Å²) in [6, 6.07) is 2.45. The number of aromatic nitrogens is 1. The van der Waals surface area contributed by atoms with Crippen LogP contribution in [-0.4, -0.2) is 36.6 Å². The molecule has 6 nitrogen and oxygen atoms in total. The monoisotopic (exact) mass is 252 g/mol. The van der Waals surface area contributed by atoms with Crippen molar-refractivity contribution in [3.8, 4) is 5.88 Å². The molecule has 18 heavy (non-hydrogen) atoms. The SMILES string of the molecule is CCOC(=O)C(C)NC(=O)c1ccc(OC)nc1. The first kappa shape index (κ1) is 14.0. The predicted molar refractivity (Wildman–Crippen MR) is 64.4 cm³/mol. The van der Waals surface area contributed by atoms with Crippen LogP contribution in [0.15, 0.2) is 18.3 Å². The highest BCUT2D eigenvalue weighted by Gasteiger charge is 2.17. The van der Waals surface area contributed by atoms with E-state index in [0.717, 1.165) is 0 Å². The number of hydrogen-bond donors (Lipinski definition) is 1. The molecule has 1 unspecified atom stereocenters. The normalized spacial score (nSPS) is 11.5. The lowest BCUT2D eigenvalue weighted by atomic mass is 10.2. The third kappa shape index (κ3) is 3.73. The van der Waals surface area contributed by atoms with E-state index in [4.69, 9.17) is 9.47 Å². The van der Waals surface area contributed by atoms with Crippen LogP contribution in [0.25, 0.3) is 0 Å². The molecule has 1 amide bonds. The molecule has 0 radical (unpaired) electrons. The molecule has 0 saturated heterocycles. The fourth-order valence-electron chi connectivity index (χ4n) is 1.24. The van der Waals surface area contributed by atoms with Gasteiger partial charge in [-0.15, -0.1) is 0 Å². The Bertz CT molecular complexity index is 417. The zero-order chi connectivity index (χ0) is 13.5. The average molecular weight is 252 g/mol. The summed E-state index contributed by atoms with van der Waals surface area (Å²) in [4.78, 5) is 27.0. The Morgan fingerprint density at radius 3 is 2.67 bits per heavy atom. The van der Waals surface area contributed by atoms with Gasteiger partial charge in [-0.05, 0) is 19.9 Å². The van der Waals surface area contributed by atoms with Crippen molar-refractivity contribution >= 4 is 11.9 Å². The van der Waals surface area contributed by atoms with Crippen molar-refractivity contribution in [2.45, 2.75) is 19.9 Å². The number of pyridine rings is 1. The molecule has 0 saturated carbocycles. The fourth-order valence-corrected chi connectivity index (χ4v) is 1.24. The molecule has 0 fully saturated rings. The van der Waals surface area contributed by atoms with Crippen LogP contribution in [0.5, 0.6) is 5.88 Å². The molecule has 1 atom stereocenters. The lowest BCUT2D eigenvalue weighted by Crippen LogP contribution is -2.39. The number of hydrogen-bond acceptors (Lipinski definition) is 5. The van der Waals surface area contributed by atoms with E-state index >= 15 is 0 Å². The Morgan fingerprint density at radius 2 is 2.17 bits per heavy atom. The van der Waals surface area contributed by atoms with Gasteiger partial charge >= 0.3 is 5.97 Å². The molecular weight excluding hydrogens is 236 g/mol. The zero-order valence-corrected chi connectivity index (χ0v) is 10.6.